The lowest BCUT2D eigenvalue weighted by atomic mass is 9.92. The maximum absolute atomic E-state index is 5.93. The molecule has 2 aromatic carbocycles. The highest BCUT2D eigenvalue weighted by Crippen LogP contribution is 2.21. The molecular formula is C19H26IN3. The zero-order valence-corrected chi connectivity index (χ0v) is 16.1. The van der Waals surface area contributed by atoms with Crippen LogP contribution in [0.15, 0.2) is 65.7 Å². The number of halogens is 1. The number of nitrogens with two attached hydrogens (primary N) is 1. The molecule has 0 aliphatic heterocycles. The zero-order chi connectivity index (χ0) is 15.8. The first kappa shape index (κ1) is 19.5. The number of nitrogens with one attached hydrogen (secondary N) is 1. The van der Waals surface area contributed by atoms with E-state index in [0.717, 1.165) is 6.42 Å². The molecule has 2 rings (SSSR count). The maximum atomic E-state index is 5.93. The fourth-order valence-corrected chi connectivity index (χ4v) is 2.46. The molecule has 0 bridgehead atoms. The molecule has 3 N–H and O–H groups in total. The lowest BCUT2D eigenvalue weighted by Gasteiger charge is -2.16. The van der Waals surface area contributed by atoms with Gasteiger partial charge in [0.25, 0.3) is 0 Å². The molecular weight excluding hydrogens is 397 g/mol. The Hall–Kier alpha value is -1.56. The second-order valence-corrected chi connectivity index (χ2v) is 5.82. The van der Waals surface area contributed by atoms with Gasteiger partial charge in [-0.15, -0.1) is 24.0 Å². The van der Waals surface area contributed by atoms with Gasteiger partial charge in [0, 0.05) is 18.5 Å². The molecule has 2 aromatic rings. The second kappa shape index (κ2) is 10.3. The Bertz CT molecular complexity index is 582. The summed E-state index contributed by atoms with van der Waals surface area (Å²) in [6.07, 6.45) is 0.962. The average molecular weight is 423 g/mol. The molecule has 1 unspecified atom stereocenters. The SMILES string of the molecule is CC(C)NC(N)=NCC(Cc1ccccc1)c1ccccc1.I. The largest absolute Gasteiger partial charge is 0.370 e. The lowest BCUT2D eigenvalue weighted by Crippen LogP contribution is -2.37. The van der Waals surface area contributed by atoms with Gasteiger partial charge < -0.3 is 11.1 Å². The molecule has 4 heteroatoms. The van der Waals surface area contributed by atoms with Crippen LogP contribution in [0.2, 0.25) is 0 Å². The Morgan fingerprint density at radius 1 is 1.00 bits per heavy atom. The first-order valence-corrected chi connectivity index (χ1v) is 7.80. The Balaban J connectivity index is 0.00000264. The van der Waals surface area contributed by atoms with Gasteiger partial charge in [0.05, 0.1) is 0 Å². The van der Waals surface area contributed by atoms with Crippen molar-refractivity contribution in [1.82, 2.24) is 5.32 Å². The summed E-state index contributed by atoms with van der Waals surface area (Å²) in [6.45, 7) is 4.80. The second-order valence-electron chi connectivity index (χ2n) is 5.82. The van der Waals surface area contributed by atoms with Crippen molar-refractivity contribution in [1.29, 1.82) is 0 Å². The molecule has 0 fully saturated rings. The summed E-state index contributed by atoms with van der Waals surface area (Å²) in [5, 5.41) is 3.14. The predicted octanol–water partition coefficient (Wildman–Crippen LogP) is 3.94. The third kappa shape index (κ3) is 7.03. The number of rotatable bonds is 6. The van der Waals surface area contributed by atoms with E-state index in [4.69, 9.17) is 5.73 Å². The molecule has 124 valence electrons. The van der Waals surface area contributed by atoms with Crippen LogP contribution in [0.4, 0.5) is 0 Å². The average Bonchev–Trinajstić information content (AvgIpc) is 2.52. The van der Waals surface area contributed by atoms with Gasteiger partial charge in [0.2, 0.25) is 0 Å². The summed E-state index contributed by atoms with van der Waals surface area (Å²) in [6, 6.07) is 21.3. The van der Waals surface area contributed by atoms with Crippen LogP contribution >= 0.6 is 24.0 Å². The predicted molar refractivity (Wildman–Crippen MR) is 110 cm³/mol. The van der Waals surface area contributed by atoms with Crippen molar-refractivity contribution < 1.29 is 0 Å². The lowest BCUT2D eigenvalue weighted by molar-refractivity contribution is 0.679. The van der Waals surface area contributed by atoms with Crippen molar-refractivity contribution in [3.63, 3.8) is 0 Å². The Morgan fingerprint density at radius 3 is 2.13 bits per heavy atom. The number of benzene rings is 2. The van der Waals surface area contributed by atoms with E-state index in [1.54, 1.807) is 0 Å². The normalized spacial score (nSPS) is 12.6. The number of hydrogen-bond donors (Lipinski definition) is 2. The molecule has 0 radical (unpaired) electrons. The van der Waals surface area contributed by atoms with E-state index in [2.05, 4.69) is 72.7 Å². The highest BCUT2D eigenvalue weighted by atomic mass is 127. The van der Waals surface area contributed by atoms with E-state index >= 15 is 0 Å². The van der Waals surface area contributed by atoms with Gasteiger partial charge in [-0.1, -0.05) is 60.7 Å². The first-order chi connectivity index (χ1) is 10.6. The molecule has 0 spiro atoms. The molecule has 0 saturated heterocycles. The molecule has 0 heterocycles. The first-order valence-electron chi connectivity index (χ1n) is 7.80. The van der Waals surface area contributed by atoms with Gasteiger partial charge in [0.15, 0.2) is 5.96 Å². The van der Waals surface area contributed by atoms with Crippen LogP contribution in [0.3, 0.4) is 0 Å². The maximum Gasteiger partial charge on any atom is 0.188 e. The van der Waals surface area contributed by atoms with Crippen LogP contribution < -0.4 is 11.1 Å². The van der Waals surface area contributed by atoms with E-state index < -0.39 is 0 Å². The fourth-order valence-electron chi connectivity index (χ4n) is 2.46. The third-order valence-electron chi connectivity index (χ3n) is 3.51. The smallest absolute Gasteiger partial charge is 0.188 e. The van der Waals surface area contributed by atoms with Crippen molar-refractivity contribution in [3.05, 3.63) is 71.8 Å². The van der Waals surface area contributed by atoms with Gasteiger partial charge in [-0.3, -0.25) is 4.99 Å². The van der Waals surface area contributed by atoms with Crippen LogP contribution in [0.1, 0.15) is 30.9 Å². The number of guanidine groups is 1. The molecule has 0 saturated carbocycles. The number of hydrogen-bond acceptors (Lipinski definition) is 1. The van der Waals surface area contributed by atoms with Crippen molar-refractivity contribution in [2.45, 2.75) is 32.2 Å². The van der Waals surface area contributed by atoms with E-state index in [0.29, 0.717) is 24.5 Å². The molecule has 0 aliphatic rings. The standard InChI is InChI=1S/C19H25N3.HI/c1-15(2)22-19(20)21-14-18(17-11-7-4-8-12-17)13-16-9-5-3-6-10-16;/h3-12,15,18H,13-14H2,1-2H3,(H3,20,21,22);1H. The van der Waals surface area contributed by atoms with Crippen molar-refractivity contribution in [3.8, 4) is 0 Å². The molecule has 0 aliphatic carbocycles. The summed E-state index contributed by atoms with van der Waals surface area (Å²) in [7, 11) is 0. The van der Waals surface area contributed by atoms with Crippen LogP contribution in [-0.2, 0) is 6.42 Å². The minimum Gasteiger partial charge on any atom is -0.370 e. The highest BCUT2D eigenvalue weighted by molar-refractivity contribution is 14.0. The van der Waals surface area contributed by atoms with Crippen molar-refractivity contribution in [2.75, 3.05) is 6.54 Å². The van der Waals surface area contributed by atoms with Crippen LogP contribution in [0, 0.1) is 0 Å². The summed E-state index contributed by atoms with van der Waals surface area (Å²) < 4.78 is 0. The van der Waals surface area contributed by atoms with Gasteiger partial charge in [-0.05, 0) is 31.4 Å². The van der Waals surface area contributed by atoms with E-state index in [9.17, 15) is 0 Å². The van der Waals surface area contributed by atoms with Crippen LogP contribution in [0.25, 0.3) is 0 Å². The van der Waals surface area contributed by atoms with Gasteiger partial charge >= 0.3 is 0 Å². The van der Waals surface area contributed by atoms with Crippen molar-refractivity contribution >= 4 is 29.9 Å². The van der Waals surface area contributed by atoms with Crippen molar-refractivity contribution in [2.24, 2.45) is 10.7 Å². The van der Waals surface area contributed by atoms with Gasteiger partial charge in [-0.25, -0.2) is 0 Å². The molecule has 0 aromatic heterocycles. The summed E-state index contributed by atoms with van der Waals surface area (Å²) in [5.74, 6) is 0.847. The zero-order valence-electron chi connectivity index (χ0n) is 13.8. The summed E-state index contributed by atoms with van der Waals surface area (Å²) in [4.78, 5) is 4.52. The van der Waals surface area contributed by atoms with Crippen LogP contribution in [0.5, 0.6) is 0 Å². The molecule has 1 atom stereocenters. The Kier molecular flexibility index (Phi) is 8.69. The quantitative estimate of drug-likeness (QED) is 0.420. The molecule has 0 amide bonds. The minimum absolute atomic E-state index is 0. The number of aliphatic imine (C=N–C) groups is 1. The summed E-state index contributed by atoms with van der Waals surface area (Å²) in [5.41, 5.74) is 8.55. The molecule has 3 nitrogen and oxygen atoms in total. The third-order valence-corrected chi connectivity index (χ3v) is 3.51. The minimum atomic E-state index is 0. The van der Waals surface area contributed by atoms with Gasteiger partial charge in [-0.2, -0.15) is 0 Å². The fraction of sp³-hybridized carbons (Fsp3) is 0.316. The van der Waals surface area contributed by atoms with E-state index in [1.807, 2.05) is 12.1 Å². The topological polar surface area (TPSA) is 50.4 Å². The van der Waals surface area contributed by atoms with E-state index in [1.165, 1.54) is 11.1 Å². The Labute approximate surface area is 156 Å². The van der Waals surface area contributed by atoms with E-state index in [-0.39, 0.29) is 24.0 Å². The van der Waals surface area contributed by atoms with Crippen LogP contribution in [-0.4, -0.2) is 18.5 Å². The monoisotopic (exact) mass is 423 g/mol. The van der Waals surface area contributed by atoms with Gasteiger partial charge in [0.1, 0.15) is 0 Å². The number of nitrogens with zero attached hydrogens (tertiary/aromatic N) is 1. The Morgan fingerprint density at radius 2 is 1.57 bits per heavy atom. The highest BCUT2D eigenvalue weighted by Gasteiger charge is 2.12. The summed E-state index contributed by atoms with van der Waals surface area (Å²) >= 11 is 0. The molecule has 23 heavy (non-hydrogen) atoms.